The fraction of sp³-hybridized carbons (Fsp3) is 0.280. The van der Waals surface area contributed by atoms with Gasteiger partial charge in [-0.2, -0.15) is 0 Å². The van der Waals surface area contributed by atoms with Crippen LogP contribution < -0.4 is 5.32 Å². The molecule has 0 aliphatic rings. The van der Waals surface area contributed by atoms with Crippen molar-refractivity contribution in [1.29, 1.82) is 0 Å². The van der Waals surface area contributed by atoms with Gasteiger partial charge in [0.2, 0.25) is 0 Å². The summed E-state index contributed by atoms with van der Waals surface area (Å²) in [5.74, 6) is -1.12. The molecule has 0 aliphatic heterocycles. The molecule has 0 aliphatic carbocycles. The van der Waals surface area contributed by atoms with E-state index >= 15 is 0 Å². The van der Waals surface area contributed by atoms with E-state index in [0.29, 0.717) is 14.9 Å². The second-order valence-corrected chi connectivity index (χ2v) is 9.44. The Morgan fingerprint density at radius 1 is 1.00 bits per heavy atom. The number of nitrogens with zero attached hydrogens (tertiary/aromatic N) is 1. The van der Waals surface area contributed by atoms with E-state index in [1.54, 1.807) is 24.3 Å². The summed E-state index contributed by atoms with van der Waals surface area (Å²) < 4.78 is 0. The van der Waals surface area contributed by atoms with Gasteiger partial charge in [0.05, 0.1) is 11.3 Å². The number of benzene rings is 2. The average molecular weight is 507 g/mol. The minimum Gasteiger partial charge on any atom is -0.481 e. The lowest BCUT2D eigenvalue weighted by atomic mass is 10.1. The van der Waals surface area contributed by atoms with Gasteiger partial charge in [-0.05, 0) is 49.4 Å². The van der Waals surface area contributed by atoms with Crippen LogP contribution in [0.15, 0.2) is 60.7 Å². The fourth-order valence-electron chi connectivity index (χ4n) is 2.87. The number of aliphatic carboxylic acids is 1. The Balaban J connectivity index is 0.000000405. The lowest BCUT2D eigenvalue weighted by Crippen LogP contribution is -2.25. The molecule has 33 heavy (non-hydrogen) atoms. The molecule has 1 aromatic heterocycles. The largest absolute Gasteiger partial charge is 0.481 e. The lowest BCUT2D eigenvalue weighted by Gasteiger charge is -2.19. The number of hydrogen-bond acceptors (Lipinski definition) is 4. The summed E-state index contributed by atoms with van der Waals surface area (Å²) in [5.41, 5.74) is 2.53. The first kappa shape index (κ1) is 26.9. The highest BCUT2D eigenvalue weighted by molar-refractivity contribution is 7.14. The van der Waals surface area contributed by atoms with Gasteiger partial charge in [0.1, 0.15) is 0 Å². The van der Waals surface area contributed by atoms with Crippen LogP contribution in [0.1, 0.15) is 39.0 Å². The molecule has 0 saturated carbocycles. The van der Waals surface area contributed by atoms with Crippen LogP contribution in [0.25, 0.3) is 0 Å². The quantitative estimate of drug-likeness (QED) is 0.358. The molecule has 8 heteroatoms. The highest BCUT2D eigenvalue weighted by Crippen LogP contribution is 2.19. The fourth-order valence-corrected chi connectivity index (χ4v) is 4.27. The van der Waals surface area contributed by atoms with E-state index in [4.69, 9.17) is 28.3 Å². The predicted octanol–water partition coefficient (Wildman–Crippen LogP) is 6.28. The Kier molecular flexibility index (Phi) is 11.4. The van der Waals surface area contributed by atoms with Gasteiger partial charge in [-0.25, -0.2) is 0 Å². The molecule has 0 atom stereocenters. The van der Waals surface area contributed by atoms with E-state index in [1.165, 1.54) is 22.5 Å². The molecule has 2 N–H and O–H groups in total. The van der Waals surface area contributed by atoms with Crippen LogP contribution in [0.2, 0.25) is 10.0 Å². The summed E-state index contributed by atoms with van der Waals surface area (Å²) in [4.78, 5) is 26.6. The number of thiophene rings is 1. The van der Waals surface area contributed by atoms with Crippen molar-refractivity contribution in [2.75, 3.05) is 13.1 Å². The third kappa shape index (κ3) is 10.4. The van der Waals surface area contributed by atoms with Crippen molar-refractivity contribution in [3.05, 3.63) is 91.6 Å². The number of aryl methyl sites for hydroxylation is 1. The molecule has 1 amide bonds. The van der Waals surface area contributed by atoms with Gasteiger partial charge in [0, 0.05) is 34.6 Å². The maximum Gasteiger partial charge on any atom is 0.305 e. The van der Waals surface area contributed by atoms with Crippen molar-refractivity contribution in [1.82, 2.24) is 10.2 Å². The van der Waals surface area contributed by atoms with E-state index in [0.717, 1.165) is 24.5 Å². The molecule has 3 rings (SSSR count). The number of halogens is 2. The van der Waals surface area contributed by atoms with Gasteiger partial charge >= 0.3 is 5.97 Å². The normalized spacial score (nSPS) is 10.5. The number of carboxylic acid groups (broad SMARTS) is 1. The van der Waals surface area contributed by atoms with Crippen LogP contribution in [0, 0.1) is 6.92 Å². The molecule has 0 saturated heterocycles. The number of carbonyl (C=O) groups is 2. The van der Waals surface area contributed by atoms with Gasteiger partial charge in [0.25, 0.3) is 5.91 Å². The molecule has 0 radical (unpaired) electrons. The maximum atomic E-state index is 12.0. The van der Waals surface area contributed by atoms with E-state index < -0.39 is 5.97 Å². The van der Waals surface area contributed by atoms with E-state index in [2.05, 4.69) is 48.3 Å². The third-order valence-corrected chi connectivity index (χ3v) is 6.19. The Morgan fingerprint density at radius 2 is 1.67 bits per heavy atom. The van der Waals surface area contributed by atoms with Crippen molar-refractivity contribution >= 4 is 46.4 Å². The molecule has 0 fully saturated rings. The molecular weight excluding hydrogens is 479 g/mol. The number of nitrogens with one attached hydrogen (secondary N) is 1. The Bertz CT molecular complexity index is 1020. The van der Waals surface area contributed by atoms with Gasteiger partial charge in [-0.1, -0.05) is 66.0 Å². The lowest BCUT2D eigenvalue weighted by molar-refractivity contribution is -0.136. The van der Waals surface area contributed by atoms with Crippen LogP contribution in [0.3, 0.4) is 0 Å². The van der Waals surface area contributed by atoms with Crippen molar-refractivity contribution in [2.45, 2.75) is 33.4 Å². The molecule has 0 spiro atoms. The number of carbonyl (C=O) groups excluding carboxylic acids is 1. The summed E-state index contributed by atoms with van der Waals surface area (Å²) in [7, 11) is 0. The third-order valence-electron chi connectivity index (χ3n) is 4.65. The number of rotatable bonds is 9. The van der Waals surface area contributed by atoms with E-state index in [1.807, 2.05) is 12.1 Å². The van der Waals surface area contributed by atoms with Gasteiger partial charge < -0.3 is 10.4 Å². The van der Waals surface area contributed by atoms with Crippen LogP contribution in [-0.2, 0) is 17.9 Å². The zero-order chi connectivity index (χ0) is 24.2. The van der Waals surface area contributed by atoms with Crippen LogP contribution in [-0.4, -0.2) is 35.0 Å². The SMILES string of the molecule is CCN(Cc1ccc(C)cc1)Cc1ccc(C(=O)NCCC(=O)O)s1.Clc1cccc(Cl)c1. The molecule has 3 aromatic rings. The maximum absolute atomic E-state index is 12.0. The molecule has 0 unspecified atom stereocenters. The number of carboxylic acids is 1. The summed E-state index contributed by atoms with van der Waals surface area (Å²) in [6.07, 6.45) is -0.0653. The smallest absolute Gasteiger partial charge is 0.305 e. The topological polar surface area (TPSA) is 69.6 Å². The van der Waals surface area contributed by atoms with Crippen molar-refractivity contribution in [3.8, 4) is 0 Å². The highest BCUT2D eigenvalue weighted by atomic mass is 35.5. The van der Waals surface area contributed by atoms with Gasteiger partial charge in [0.15, 0.2) is 0 Å². The van der Waals surface area contributed by atoms with E-state index in [9.17, 15) is 9.59 Å². The number of hydrogen-bond donors (Lipinski definition) is 2. The average Bonchev–Trinajstić information content (AvgIpc) is 3.23. The Hall–Kier alpha value is -2.38. The Labute approximate surface area is 209 Å². The molecule has 1 heterocycles. The zero-order valence-electron chi connectivity index (χ0n) is 18.7. The summed E-state index contributed by atoms with van der Waals surface area (Å²) in [6.45, 7) is 6.94. The minimum absolute atomic E-state index is 0.0653. The number of amides is 1. The highest BCUT2D eigenvalue weighted by Gasteiger charge is 2.12. The first-order valence-corrected chi connectivity index (χ1v) is 12.1. The van der Waals surface area contributed by atoms with Crippen LogP contribution in [0.4, 0.5) is 0 Å². The Morgan fingerprint density at radius 3 is 2.21 bits per heavy atom. The molecule has 5 nitrogen and oxygen atoms in total. The first-order chi connectivity index (χ1) is 15.8. The summed E-state index contributed by atoms with van der Waals surface area (Å²) >= 11 is 12.6. The van der Waals surface area contributed by atoms with Crippen LogP contribution >= 0.6 is 34.5 Å². The second kappa shape index (κ2) is 14.0. The van der Waals surface area contributed by atoms with Crippen molar-refractivity contribution in [2.24, 2.45) is 0 Å². The van der Waals surface area contributed by atoms with Crippen LogP contribution in [0.5, 0.6) is 0 Å². The van der Waals surface area contributed by atoms with Crippen molar-refractivity contribution < 1.29 is 14.7 Å². The summed E-state index contributed by atoms with van der Waals surface area (Å²) in [5, 5.41) is 12.6. The summed E-state index contributed by atoms with van der Waals surface area (Å²) in [6, 6.07) is 19.4. The standard InChI is InChI=1S/C19H24N2O3S.C6H4Cl2/c1-3-21(12-15-6-4-14(2)5-7-15)13-16-8-9-17(25-16)19(24)20-11-10-18(22)23;7-5-2-1-3-6(8)4-5/h4-9H,3,10-13H2,1-2H3,(H,20,24)(H,22,23);1-4H. The molecule has 176 valence electrons. The predicted molar refractivity (Wildman–Crippen MR) is 136 cm³/mol. The van der Waals surface area contributed by atoms with Crippen molar-refractivity contribution in [3.63, 3.8) is 0 Å². The second-order valence-electron chi connectivity index (χ2n) is 7.39. The van der Waals surface area contributed by atoms with E-state index in [-0.39, 0.29) is 18.9 Å². The molecule has 0 bridgehead atoms. The first-order valence-electron chi connectivity index (χ1n) is 10.5. The molecule has 2 aromatic carbocycles. The van der Waals surface area contributed by atoms with Gasteiger partial charge in [-0.3, -0.25) is 14.5 Å². The minimum atomic E-state index is -0.915. The zero-order valence-corrected chi connectivity index (χ0v) is 21.0. The monoisotopic (exact) mass is 506 g/mol. The van der Waals surface area contributed by atoms with Gasteiger partial charge in [-0.15, -0.1) is 11.3 Å². The molecular formula is C25H28Cl2N2O3S.